The van der Waals surface area contributed by atoms with Crippen LogP contribution in [0.1, 0.15) is 15.9 Å². The molecular formula is C23H22O5. The maximum absolute atomic E-state index is 12.5. The Morgan fingerprint density at radius 3 is 2.07 bits per heavy atom. The molecule has 0 radical (unpaired) electrons. The lowest BCUT2D eigenvalue weighted by molar-refractivity contribution is 0.0919. The second kappa shape index (κ2) is 9.46. The summed E-state index contributed by atoms with van der Waals surface area (Å²) in [5.74, 6) is 2.01. The molecule has 0 aliphatic rings. The van der Waals surface area contributed by atoms with Gasteiger partial charge in [0.1, 0.15) is 6.61 Å². The van der Waals surface area contributed by atoms with Crippen LogP contribution >= 0.6 is 0 Å². The molecule has 0 saturated heterocycles. The average Bonchev–Trinajstić information content (AvgIpc) is 2.76. The van der Waals surface area contributed by atoms with Gasteiger partial charge in [0.15, 0.2) is 35.4 Å². The number of para-hydroxylation sites is 2. The minimum absolute atomic E-state index is 0.103. The van der Waals surface area contributed by atoms with E-state index in [4.69, 9.17) is 18.9 Å². The number of ketones is 1. The van der Waals surface area contributed by atoms with E-state index in [-0.39, 0.29) is 12.4 Å². The summed E-state index contributed by atoms with van der Waals surface area (Å²) in [4.78, 5) is 12.5. The maximum atomic E-state index is 12.5. The van der Waals surface area contributed by atoms with Gasteiger partial charge in [0, 0.05) is 5.56 Å². The molecule has 0 amide bonds. The summed E-state index contributed by atoms with van der Waals surface area (Å²) in [6.07, 6.45) is 0. The highest BCUT2D eigenvalue weighted by atomic mass is 16.5. The predicted octanol–water partition coefficient (Wildman–Crippen LogP) is 4.54. The predicted molar refractivity (Wildman–Crippen MR) is 107 cm³/mol. The van der Waals surface area contributed by atoms with E-state index in [2.05, 4.69) is 0 Å². The van der Waals surface area contributed by atoms with Gasteiger partial charge in [-0.05, 0) is 35.9 Å². The van der Waals surface area contributed by atoms with Gasteiger partial charge in [-0.25, -0.2) is 0 Å². The van der Waals surface area contributed by atoms with Crippen molar-refractivity contribution in [1.82, 2.24) is 0 Å². The standard InChI is InChI=1S/C23H22O5/c1-25-20-10-6-7-11-21(20)28-16-19(24)18-12-13-22(23(14-18)26-2)27-15-17-8-4-3-5-9-17/h3-14H,15-16H2,1-2H3. The number of methoxy groups -OCH3 is 2. The van der Waals surface area contributed by atoms with Crippen LogP contribution in [0.5, 0.6) is 23.0 Å². The van der Waals surface area contributed by atoms with Crippen molar-refractivity contribution in [3.63, 3.8) is 0 Å². The zero-order chi connectivity index (χ0) is 19.8. The van der Waals surface area contributed by atoms with E-state index in [1.165, 1.54) is 0 Å². The third kappa shape index (κ3) is 4.82. The van der Waals surface area contributed by atoms with E-state index < -0.39 is 0 Å². The summed E-state index contributed by atoms with van der Waals surface area (Å²) in [5.41, 5.74) is 1.54. The summed E-state index contributed by atoms with van der Waals surface area (Å²) in [7, 11) is 3.10. The fourth-order valence-electron chi connectivity index (χ4n) is 2.66. The lowest BCUT2D eigenvalue weighted by Crippen LogP contribution is -2.12. The molecule has 0 aromatic heterocycles. The van der Waals surface area contributed by atoms with Crippen LogP contribution in [0.3, 0.4) is 0 Å². The van der Waals surface area contributed by atoms with Crippen LogP contribution < -0.4 is 18.9 Å². The first-order valence-electron chi connectivity index (χ1n) is 8.85. The highest BCUT2D eigenvalue weighted by molar-refractivity contribution is 5.97. The van der Waals surface area contributed by atoms with E-state index in [0.717, 1.165) is 5.56 Å². The minimum Gasteiger partial charge on any atom is -0.493 e. The number of rotatable bonds is 9. The number of hydrogen-bond donors (Lipinski definition) is 0. The van der Waals surface area contributed by atoms with Gasteiger partial charge in [-0.2, -0.15) is 0 Å². The Kier molecular flexibility index (Phi) is 6.52. The minimum atomic E-state index is -0.168. The van der Waals surface area contributed by atoms with Gasteiger partial charge in [-0.3, -0.25) is 4.79 Å². The molecule has 0 saturated carbocycles. The van der Waals surface area contributed by atoms with Gasteiger partial charge >= 0.3 is 0 Å². The van der Waals surface area contributed by atoms with Crippen molar-refractivity contribution < 1.29 is 23.7 Å². The molecule has 0 atom stereocenters. The molecule has 0 heterocycles. The van der Waals surface area contributed by atoms with E-state index in [1.54, 1.807) is 44.6 Å². The number of carbonyl (C=O) groups excluding carboxylic acids is 1. The lowest BCUT2D eigenvalue weighted by Gasteiger charge is -2.13. The Hall–Kier alpha value is -3.47. The second-order valence-corrected chi connectivity index (χ2v) is 6.00. The van der Waals surface area contributed by atoms with Crippen LogP contribution in [0.15, 0.2) is 72.8 Å². The second-order valence-electron chi connectivity index (χ2n) is 6.00. The zero-order valence-electron chi connectivity index (χ0n) is 15.9. The smallest absolute Gasteiger partial charge is 0.200 e. The Balaban J connectivity index is 1.66. The molecule has 3 aromatic carbocycles. The molecule has 0 aliphatic heterocycles. The summed E-state index contributed by atoms with van der Waals surface area (Å²) in [6.45, 7) is 0.315. The first kappa shape index (κ1) is 19.3. The van der Waals surface area contributed by atoms with E-state index in [0.29, 0.717) is 35.2 Å². The van der Waals surface area contributed by atoms with E-state index in [9.17, 15) is 4.79 Å². The number of carbonyl (C=O) groups is 1. The van der Waals surface area contributed by atoms with Crippen molar-refractivity contribution in [2.24, 2.45) is 0 Å². The Labute approximate surface area is 164 Å². The third-order valence-electron chi connectivity index (χ3n) is 4.15. The van der Waals surface area contributed by atoms with Crippen molar-refractivity contribution in [3.05, 3.63) is 83.9 Å². The fourth-order valence-corrected chi connectivity index (χ4v) is 2.66. The number of hydrogen-bond acceptors (Lipinski definition) is 5. The molecule has 0 aliphatic carbocycles. The van der Waals surface area contributed by atoms with Crippen molar-refractivity contribution in [1.29, 1.82) is 0 Å². The van der Waals surface area contributed by atoms with Gasteiger partial charge in [-0.1, -0.05) is 42.5 Å². The summed E-state index contributed by atoms with van der Waals surface area (Å²) >= 11 is 0. The van der Waals surface area contributed by atoms with Crippen LogP contribution in [0.25, 0.3) is 0 Å². The van der Waals surface area contributed by atoms with Crippen LogP contribution in [0, 0.1) is 0 Å². The first-order chi connectivity index (χ1) is 13.7. The normalized spacial score (nSPS) is 10.2. The molecule has 0 spiro atoms. The highest BCUT2D eigenvalue weighted by Crippen LogP contribution is 2.30. The van der Waals surface area contributed by atoms with Gasteiger partial charge < -0.3 is 18.9 Å². The number of Topliss-reactive ketones (excluding diaryl/α,β-unsaturated/α-hetero) is 1. The molecule has 144 valence electrons. The van der Waals surface area contributed by atoms with Gasteiger partial charge in [0.05, 0.1) is 14.2 Å². The fraction of sp³-hybridized carbons (Fsp3) is 0.174. The molecule has 3 rings (SSSR count). The van der Waals surface area contributed by atoms with Crippen molar-refractivity contribution >= 4 is 5.78 Å². The molecule has 5 nitrogen and oxygen atoms in total. The summed E-state index contributed by atoms with van der Waals surface area (Å²) in [6, 6.07) is 22.1. The van der Waals surface area contributed by atoms with Crippen molar-refractivity contribution in [2.75, 3.05) is 20.8 Å². The largest absolute Gasteiger partial charge is 0.493 e. The molecule has 28 heavy (non-hydrogen) atoms. The zero-order valence-corrected chi connectivity index (χ0v) is 15.9. The maximum Gasteiger partial charge on any atom is 0.200 e. The van der Waals surface area contributed by atoms with Crippen molar-refractivity contribution in [2.45, 2.75) is 6.61 Å². The molecule has 0 bridgehead atoms. The van der Waals surface area contributed by atoms with Crippen LogP contribution in [0.2, 0.25) is 0 Å². The van der Waals surface area contributed by atoms with Crippen LogP contribution in [0.4, 0.5) is 0 Å². The Morgan fingerprint density at radius 2 is 1.36 bits per heavy atom. The quantitative estimate of drug-likeness (QED) is 0.512. The SMILES string of the molecule is COc1ccccc1OCC(=O)c1ccc(OCc2ccccc2)c(OC)c1. The number of ether oxygens (including phenoxy) is 4. The van der Waals surface area contributed by atoms with Crippen LogP contribution in [-0.4, -0.2) is 26.6 Å². The molecule has 0 N–H and O–H groups in total. The average molecular weight is 378 g/mol. The lowest BCUT2D eigenvalue weighted by atomic mass is 10.1. The van der Waals surface area contributed by atoms with Gasteiger partial charge in [0.25, 0.3) is 0 Å². The highest BCUT2D eigenvalue weighted by Gasteiger charge is 2.13. The van der Waals surface area contributed by atoms with Gasteiger partial charge in [-0.15, -0.1) is 0 Å². The van der Waals surface area contributed by atoms with Crippen LogP contribution in [-0.2, 0) is 6.61 Å². The van der Waals surface area contributed by atoms with Crippen molar-refractivity contribution in [3.8, 4) is 23.0 Å². The monoisotopic (exact) mass is 378 g/mol. The first-order valence-corrected chi connectivity index (χ1v) is 8.85. The topological polar surface area (TPSA) is 54.0 Å². The van der Waals surface area contributed by atoms with E-state index >= 15 is 0 Å². The van der Waals surface area contributed by atoms with E-state index in [1.807, 2.05) is 42.5 Å². The molecule has 5 heteroatoms. The van der Waals surface area contributed by atoms with Gasteiger partial charge in [0.2, 0.25) is 0 Å². The Bertz CT molecular complexity index is 921. The Morgan fingerprint density at radius 1 is 0.714 bits per heavy atom. The molecule has 3 aromatic rings. The molecule has 0 fully saturated rings. The molecule has 0 unspecified atom stereocenters. The third-order valence-corrected chi connectivity index (χ3v) is 4.15. The summed E-state index contributed by atoms with van der Waals surface area (Å²) < 4.78 is 22.0. The summed E-state index contributed by atoms with van der Waals surface area (Å²) in [5, 5.41) is 0. The number of benzene rings is 3. The molecular weight excluding hydrogens is 356 g/mol.